The van der Waals surface area contributed by atoms with Crippen LogP contribution < -0.4 is 10.6 Å². The number of carbonyl (C=O) groups is 2. The summed E-state index contributed by atoms with van der Waals surface area (Å²) in [7, 11) is 0. The van der Waals surface area contributed by atoms with E-state index >= 15 is 0 Å². The average molecular weight is 269 g/mol. The van der Waals surface area contributed by atoms with Crippen LogP contribution in [-0.2, 0) is 9.59 Å². The fourth-order valence-corrected chi connectivity index (χ4v) is 1.70. The standard InChI is InChI=1S/C13H17ClN2O2/c1-8(2)11-5-4-10(15-9(3)17)6-12(11)16-13(18)7-14/h4-6,8H,7H2,1-3H3,(H,15,17)(H,16,18). The molecule has 0 aromatic heterocycles. The molecule has 0 spiro atoms. The van der Waals surface area contributed by atoms with E-state index in [1.165, 1.54) is 6.92 Å². The summed E-state index contributed by atoms with van der Waals surface area (Å²) in [5, 5.41) is 5.41. The van der Waals surface area contributed by atoms with Gasteiger partial charge in [-0.15, -0.1) is 11.6 Å². The summed E-state index contributed by atoms with van der Waals surface area (Å²) in [6.45, 7) is 5.50. The molecule has 98 valence electrons. The van der Waals surface area contributed by atoms with E-state index in [2.05, 4.69) is 10.6 Å². The topological polar surface area (TPSA) is 58.2 Å². The zero-order valence-electron chi connectivity index (χ0n) is 10.7. The van der Waals surface area contributed by atoms with Gasteiger partial charge in [-0.25, -0.2) is 0 Å². The Balaban J connectivity index is 3.07. The van der Waals surface area contributed by atoms with E-state index in [-0.39, 0.29) is 23.6 Å². The van der Waals surface area contributed by atoms with Crippen LogP contribution in [-0.4, -0.2) is 17.7 Å². The van der Waals surface area contributed by atoms with Gasteiger partial charge in [0.1, 0.15) is 5.88 Å². The summed E-state index contributed by atoms with van der Waals surface area (Å²) >= 11 is 5.48. The molecule has 1 rings (SSSR count). The summed E-state index contributed by atoms with van der Waals surface area (Å²) in [5.74, 6) is -0.246. The number of rotatable bonds is 4. The van der Waals surface area contributed by atoms with Crippen LogP contribution in [0.3, 0.4) is 0 Å². The number of benzene rings is 1. The Hall–Kier alpha value is -1.55. The molecule has 0 bridgehead atoms. The second-order valence-corrected chi connectivity index (χ2v) is 4.59. The molecular weight excluding hydrogens is 252 g/mol. The van der Waals surface area contributed by atoms with Gasteiger partial charge in [-0.1, -0.05) is 19.9 Å². The predicted octanol–water partition coefficient (Wildman–Crippen LogP) is 2.95. The SMILES string of the molecule is CC(=O)Nc1ccc(C(C)C)c(NC(=O)CCl)c1. The zero-order chi connectivity index (χ0) is 13.7. The van der Waals surface area contributed by atoms with E-state index < -0.39 is 0 Å². The highest BCUT2D eigenvalue weighted by Gasteiger charge is 2.10. The number of alkyl halides is 1. The molecule has 2 N–H and O–H groups in total. The molecule has 18 heavy (non-hydrogen) atoms. The molecule has 0 fully saturated rings. The minimum absolute atomic E-state index is 0.0953. The quantitative estimate of drug-likeness (QED) is 0.825. The first-order chi connectivity index (χ1) is 8.43. The minimum atomic E-state index is -0.265. The second kappa shape index (κ2) is 6.40. The highest BCUT2D eigenvalue weighted by atomic mass is 35.5. The van der Waals surface area contributed by atoms with Crippen molar-refractivity contribution in [3.63, 3.8) is 0 Å². The molecule has 1 aromatic rings. The summed E-state index contributed by atoms with van der Waals surface area (Å²) in [6.07, 6.45) is 0. The first kappa shape index (κ1) is 14.5. The van der Waals surface area contributed by atoms with Crippen LogP contribution in [0.5, 0.6) is 0 Å². The Bertz CT molecular complexity index is 458. The zero-order valence-corrected chi connectivity index (χ0v) is 11.5. The lowest BCUT2D eigenvalue weighted by molar-refractivity contribution is -0.114. The van der Waals surface area contributed by atoms with Crippen LogP contribution in [0.4, 0.5) is 11.4 Å². The smallest absolute Gasteiger partial charge is 0.239 e. The molecule has 4 nitrogen and oxygen atoms in total. The van der Waals surface area contributed by atoms with Gasteiger partial charge in [0.2, 0.25) is 11.8 Å². The van der Waals surface area contributed by atoms with Crippen molar-refractivity contribution in [3.05, 3.63) is 23.8 Å². The molecule has 0 radical (unpaired) electrons. The Labute approximate surface area is 112 Å². The van der Waals surface area contributed by atoms with Gasteiger partial charge in [-0.05, 0) is 23.6 Å². The van der Waals surface area contributed by atoms with Crippen molar-refractivity contribution in [2.45, 2.75) is 26.7 Å². The molecule has 0 atom stereocenters. The van der Waals surface area contributed by atoms with Crippen LogP contribution in [0, 0.1) is 0 Å². The molecule has 0 aliphatic rings. The van der Waals surface area contributed by atoms with E-state index in [9.17, 15) is 9.59 Å². The van der Waals surface area contributed by atoms with Crippen LogP contribution >= 0.6 is 11.6 Å². The van der Waals surface area contributed by atoms with Crippen molar-refractivity contribution >= 4 is 34.8 Å². The number of halogens is 1. The number of hydrogen-bond donors (Lipinski definition) is 2. The lowest BCUT2D eigenvalue weighted by atomic mass is 10.0. The van der Waals surface area contributed by atoms with Crippen LogP contribution in [0.2, 0.25) is 0 Å². The monoisotopic (exact) mass is 268 g/mol. The molecule has 0 heterocycles. The molecule has 0 aliphatic heterocycles. The number of anilines is 2. The van der Waals surface area contributed by atoms with Gasteiger partial charge < -0.3 is 10.6 Å². The van der Waals surface area contributed by atoms with Gasteiger partial charge in [-0.3, -0.25) is 9.59 Å². The summed E-state index contributed by atoms with van der Waals surface area (Å²) in [4.78, 5) is 22.4. The number of hydrogen-bond acceptors (Lipinski definition) is 2. The third kappa shape index (κ3) is 4.04. The normalized spacial score (nSPS) is 10.3. The second-order valence-electron chi connectivity index (χ2n) is 4.32. The van der Waals surface area contributed by atoms with Gasteiger partial charge in [0, 0.05) is 18.3 Å². The lowest BCUT2D eigenvalue weighted by Gasteiger charge is -2.15. The van der Waals surface area contributed by atoms with Crippen LogP contribution in [0.1, 0.15) is 32.3 Å². The fraction of sp³-hybridized carbons (Fsp3) is 0.385. The molecule has 1 aromatic carbocycles. The maximum absolute atomic E-state index is 11.4. The van der Waals surface area contributed by atoms with Crippen molar-refractivity contribution in [1.82, 2.24) is 0 Å². The Morgan fingerprint density at radius 3 is 2.44 bits per heavy atom. The first-order valence-electron chi connectivity index (χ1n) is 5.71. The van der Waals surface area contributed by atoms with Crippen molar-refractivity contribution in [1.29, 1.82) is 0 Å². The van der Waals surface area contributed by atoms with E-state index in [0.29, 0.717) is 11.4 Å². The largest absolute Gasteiger partial charge is 0.326 e. The van der Waals surface area contributed by atoms with Crippen molar-refractivity contribution < 1.29 is 9.59 Å². The Morgan fingerprint density at radius 2 is 1.94 bits per heavy atom. The van der Waals surface area contributed by atoms with Crippen LogP contribution in [0.15, 0.2) is 18.2 Å². The molecule has 2 amide bonds. The number of nitrogens with one attached hydrogen (secondary N) is 2. The first-order valence-corrected chi connectivity index (χ1v) is 6.24. The summed E-state index contributed by atoms with van der Waals surface area (Å²) in [6, 6.07) is 5.44. The van der Waals surface area contributed by atoms with E-state index in [1.807, 2.05) is 26.0 Å². The van der Waals surface area contributed by atoms with Gasteiger partial charge in [0.25, 0.3) is 0 Å². The third-order valence-electron chi connectivity index (χ3n) is 2.39. The maximum Gasteiger partial charge on any atom is 0.239 e. The highest BCUT2D eigenvalue weighted by Crippen LogP contribution is 2.27. The minimum Gasteiger partial charge on any atom is -0.326 e. The predicted molar refractivity (Wildman–Crippen MR) is 74.2 cm³/mol. The van der Waals surface area contributed by atoms with Gasteiger partial charge in [0.05, 0.1) is 0 Å². The summed E-state index contributed by atoms with van der Waals surface area (Å²) < 4.78 is 0. The number of amides is 2. The molecular formula is C13H17ClN2O2. The highest BCUT2D eigenvalue weighted by molar-refractivity contribution is 6.29. The molecule has 0 aliphatic carbocycles. The van der Waals surface area contributed by atoms with E-state index in [0.717, 1.165) is 5.56 Å². The van der Waals surface area contributed by atoms with Gasteiger partial charge in [0.15, 0.2) is 0 Å². The third-order valence-corrected chi connectivity index (χ3v) is 2.63. The van der Waals surface area contributed by atoms with Crippen molar-refractivity contribution in [2.75, 3.05) is 16.5 Å². The molecule has 0 saturated heterocycles. The number of carbonyl (C=O) groups excluding carboxylic acids is 2. The van der Waals surface area contributed by atoms with Crippen molar-refractivity contribution in [3.8, 4) is 0 Å². The summed E-state index contributed by atoms with van der Waals surface area (Å²) in [5.41, 5.74) is 2.33. The lowest BCUT2D eigenvalue weighted by Crippen LogP contribution is -2.15. The fourth-order valence-electron chi connectivity index (χ4n) is 1.63. The maximum atomic E-state index is 11.4. The average Bonchev–Trinajstić information content (AvgIpc) is 2.27. The Kier molecular flexibility index (Phi) is 5.16. The van der Waals surface area contributed by atoms with Crippen LogP contribution in [0.25, 0.3) is 0 Å². The Morgan fingerprint density at radius 1 is 1.28 bits per heavy atom. The van der Waals surface area contributed by atoms with E-state index in [1.54, 1.807) is 6.07 Å². The molecule has 0 unspecified atom stereocenters. The molecule has 0 saturated carbocycles. The molecule has 5 heteroatoms. The van der Waals surface area contributed by atoms with Gasteiger partial charge in [-0.2, -0.15) is 0 Å². The van der Waals surface area contributed by atoms with E-state index in [4.69, 9.17) is 11.6 Å². The van der Waals surface area contributed by atoms with Crippen molar-refractivity contribution in [2.24, 2.45) is 0 Å². The van der Waals surface area contributed by atoms with Gasteiger partial charge >= 0.3 is 0 Å².